The maximum atomic E-state index is 11.9. The number of likely N-dealkylation sites (N-methyl/N-ethyl adjacent to an activating group) is 1. The smallest absolute Gasteiger partial charge is 0.308 e. The topological polar surface area (TPSA) is 60.9 Å². The van der Waals surface area contributed by atoms with Crippen molar-refractivity contribution >= 4 is 11.9 Å². The number of carboxylic acids is 1. The van der Waals surface area contributed by atoms with Gasteiger partial charge in [0.1, 0.15) is 0 Å². The molecule has 0 aliphatic carbocycles. The maximum Gasteiger partial charge on any atom is 0.308 e. The second-order valence-corrected chi connectivity index (χ2v) is 4.75. The molecule has 0 radical (unpaired) electrons. The van der Waals surface area contributed by atoms with Crippen LogP contribution < -0.4 is 0 Å². The van der Waals surface area contributed by atoms with Crippen molar-refractivity contribution in [2.45, 2.75) is 26.2 Å². The van der Waals surface area contributed by atoms with Crippen molar-refractivity contribution in [3.63, 3.8) is 0 Å². The Kier molecular flexibility index (Phi) is 5.41. The third-order valence-corrected chi connectivity index (χ3v) is 3.13. The molecule has 98 valence electrons. The predicted molar refractivity (Wildman–Crippen MR) is 64.7 cm³/mol. The highest BCUT2D eigenvalue weighted by Crippen LogP contribution is 2.16. The zero-order chi connectivity index (χ0) is 12.8. The average Bonchev–Trinajstić information content (AvgIpc) is 2.29. The molecule has 17 heavy (non-hydrogen) atoms. The number of hydrogen-bond acceptors (Lipinski definition) is 3. The summed E-state index contributed by atoms with van der Waals surface area (Å²) < 4.78 is 0. The highest BCUT2D eigenvalue weighted by atomic mass is 16.4. The van der Waals surface area contributed by atoms with Gasteiger partial charge in [-0.3, -0.25) is 14.5 Å². The molecule has 1 aliphatic heterocycles. The van der Waals surface area contributed by atoms with E-state index in [1.807, 2.05) is 11.9 Å². The molecule has 1 fully saturated rings. The number of piperidine rings is 1. The second-order valence-electron chi connectivity index (χ2n) is 4.75. The van der Waals surface area contributed by atoms with E-state index in [0.717, 1.165) is 19.4 Å². The van der Waals surface area contributed by atoms with E-state index in [2.05, 4.69) is 6.92 Å². The molecule has 5 heteroatoms. The quantitative estimate of drug-likeness (QED) is 0.769. The van der Waals surface area contributed by atoms with E-state index in [1.165, 1.54) is 0 Å². The van der Waals surface area contributed by atoms with Crippen molar-refractivity contribution < 1.29 is 14.7 Å². The summed E-state index contributed by atoms with van der Waals surface area (Å²) in [5.41, 5.74) is 0. The van der Waals surface area contributed by atoms with Gasteiger partial charge < -0.3 is 10.0 Å². The zero-order valence-electron chi connectivity index (χ0n) is 10.7. The third-order valence-electron chi connectivity index (χ3n) is 3.13. The van der Waals surface area contributed by atoms with E-state index < -0.39 is 5.97 Å². The summed E-state index contributed by atoms with van der Waals surface area (Å²) in [6.07, 6.45) is 2.49. The largest absolute Gasteiger partial charge is 0.481 e. The molecule has 1 atom stereocenters. The Hall–Kier alpha value is -1.10. The molecule has 0 bridgehead atoms. The standard InChI is InChI=1S/C12H22N2O3/c1-3-6-13(2)9-11(15)14-7-4-5-10(8-14)12(16)17/h10H,3-9H2,1-2H3,(H,16,17). The third kappa shape index (κ3) is 4.34. The van der Waals surface area contributed by atoms with E-state index in [-0.39, 0.29) is 11.8 Å². The van der Waals surface area contributed by atoms with Gasteiger partial charge >= 0.3 is 5.97 Å². The lowest BCUT2D eigenvalue weighted by Gasteiger charge is -2.32. The molecule has 1 saturated heterocycles. The highest BCUT2D eigenvalue weighted by Gasteiger charge is 2.28. The Morgan fingerprint density at radius 1 is 1.47 bits per heavy atom. The van der Waals surface area contributed by atoms with Gasteiger partial charge in [0.2, 0.25) is 5.91 Å². The van der Waals surface area contributed by atoms with E-state index in [0.29, 0.717) is 26.1 Å². The number of carbonyl (C=O) groups is 2. The van der Waals surface area contributed by atoms with Crippen molar-refractivity contribution in [1.29, 1.82) is 0 Å². The first-order chi connectivity index (χ1) is 8.04. The molecule has 1 heterocycles. The fourth-order valence-electron chi connectivity index (χ4n) is 2.20. The van der Waals surface area contributed by atoms with Crippen molar-refractivity contribution in [3.8, 4) is 0 Å². The van der Waals surface area contributed by atoms with Crippen LogP contribution in [0.4, 0.5) is 0 Å². The summed E-state index contributed by atoms with van der Waals surface area (Å²) in [6, 6.07) is 0. The summed E-state index contributed by atoms with van der Waals surface area (Å²) in [4.78, 5) is 26.5. The molecule has 0 saturated carbocycles. The van der Waals surface area contributed by atoms with Gasteiger partial charge in [-0.2, -0.15) is 0 Å². The Bertz CT molecular complexity index is 281. The second kappa shape index (κ2) is 6.59. The first-order valence-corrected chi connectivity index (χ1v) is 6.23. The lowest BCUT2D eigenvalue weighted by atomic mass is 9.98. The number of hydrogen-bond donors (Lipinski definition) is 1. The molecule has 0 spiro atoms. The molecular formula is C12H22N2O3. The van der Waals surface area contributed by atoms with Crippen molar-refractivity contribution in [2.75, 3.05) is 33.2 Å². The fourth-order valence-corrected chi connectivity index (χ4v) is 2.20. The number of carbonyl (C=O) groups excluding carboxylic acids is 1. The maximum absolute atomic E-state index is 11.9. The van der Waals surface area contributed by atoms with Crippen molar-refractivity contribution in [1.82, 2.24) is 9.80 Å². The summed E-state index contributed by atoms with van der Waals surface area (Å²) in [5.74, 6) is -1.12. The first-order valence-electron chi connectivity index (χ1n) is 6.23. The molecule has 1 rings (SSSR count). The van der Waals surface area contributed by atoms with Crippen LogP contribution in [-0.2, 0) is 9.59 Å². The molecule has 0 aromatic heterocycles. The average molecular weight is 242 g/mol. The van der Waals surface area contributed by atoms with Gasteiger partial charge in [0.05, 0.1) is 12.5 Å². The Morgan fingerprint density at radius 2 is 2.18 bits per heavy atom. The zero-order valence-corrected chi connectivity index (χ0v) is 10.7. The van der Waals surface area contributed by atoms with E-state index >= 15 is 0 Å². The van der Waals surface area contributed by atoms with Crippen LogP contribution in [-0.4, -0.2) is 60.0 Å². The number of carboxylic acid groups (broad SMARTS) is 1. The van der Waals surface area contributed by atoms with Crippen LogP contribution in [0.3, 0.4) is 0 Å². The van der Waals surface area contributed by atoms with Gasteiger partial charge in [-0.1, -0.05) is 6.92 Å². The number of aliphatic carboxylic acids is 1. The normalized spacial score (nSPS) is 20.6. The molecule has 1 amide bonds. The van der Waals surface area contributed by atoms with Crippen LogP contribution in [0.15, 0.2) is 0 Å². The van der Waals surface area contributed by atoms with Crippen LogP contribution in [0.5, 0.6) is 0 Å². The summed E-state index contributed by atoms with van der Waals surface area (Å²) in [7, 11) is 1.92. The van der Waals surface area contributed by atoms with Crippen molar-refractivity contribution in [3.05, 3.63) is 0 Å². The molecule has 1 unspecified atom stereocenters. The van der Waals surface area contributed by atoms with Crippen LogP contribution in [0.2, 0.25) is 0 Å². The summed E-state index contributed by atoms with van der Waals surface area (Å²) in [5, 5.41) is 8.96. The van der Waals surface area contributed by atoms with Gasteiger partial charge in [0, 0.05) is 13.1 Å². The van der Waals surface area contributed by atoms with E-state index in [9.17, 15) is 9.59 Å². The molecule has 5 nitrogen and oxygen atoms in total. The van der Waals surface area contributed by atoms with Crippen LogP contribution >= 0.6 is 0 Å². The first kappa shape index (κ1) is 14.0. The SMILES string of the molecule is CCCN(C)CC(=O)N1CCCC(C(=O)O)C1. The highest BCUT2D eigenvalue weighted by molar-refractivity contribution is 5.79. The lowest BCUT2D eigenvalue weighted by molar-refractivity contribution is -0.145. The van der Waals surface area contributed by atoms with Gasteiger partial charge in [-0.25, -0.2) is 0 Å². The van der Waals surface area contributed by atoms with Crippen LogP contribution in [0.25, 0.3) is 0 Å². The monoisotopic (exact) mass is 242 g/mol. The fraction of sp³-hybridized carbons (Fsp3) is 0.833. The molecule has 0 aromatic rings. The molecule has 0 aromatic carbocycles. The Balaban J connectivity index is 2.43. The van der Waals surface area contributed by atoms with E-state index in [4.69, 9.17) is 5.11 Å². The molecular weight excluding hydrogens is 220 g/mol. The van der Waals surface area contributed by atoms with Crippen molar-refractivity contribution in [2.24, 2.45) is 5.92 Å². The van der Waals surface area contributed by atoms with Gasteiger partial charge in [0.15, 0.2) is 0 Å². The van der Waals surface area contributed by atoms with Gasteiger partial charge in [-0.05, 0) is 32.9 Å². The lowest BCUT2D eigenvalue weighted by Crippen LogP contribution is -2.46. The Labute approximate surface area is 102 Å². The van der Waals surface area contributed by atoms with Crippen LogP contribution in [0.1, 0.15) is 26.2 Å². The summed E-state index contributed by atoms with van der Waals surface area (Å²) in [6.45, 7) is 4.42. The summed E-state index contributed by atoms with van der Waals surface area (Å²) >= 11 is 0. The number of nitrogens with zero attached hydrogens (tertiary/aromatic N) is 2. The minimum Gasteiger partial charge on any atom is -0.481 e. The number of likely N-dealkylation sites (tertiary alicyclic amines) is 1. The molecule has 1 N–H and O–H groups in total. The molecule has 1 aliphatic rings. The van der Waals surface area contributed by atoms with Gasteiger partial charge in [0.25, 0.3) is 0 Å². The predicted octanol–water partition coefficient (Wildman–Crippen LogP) is 0.651. The Morgan fingerprint density at radius 3 is 2.76 bits per heavy atom. The number of amides is 1. The minimum atomic E-state index is -0.788. The van der Waals surface area contributed by atoms with E-state index in [1.54, 1.807) is 4.90 Å². The number of rotatable bonds is 5. The minimum absolute atomic E-state index is 0.0481. The van der Waals surface area contributed by atoms with Crippen LogP contribution in [0, 0.1) is 5.92 Å². The van der Waals surface area contributed by atoms with Gasteiger partial charge in [-0.15, -0.1) is 0 Å².